The van der Waals surface area contributed by atoms with E-state index in [-0.39, 0.29) is 11.8 Å². The summed E-state index contributed by atoms with van der Waals surface area (Å²) in [6.45, 7) is 2.15. The molecule has 0 spiro atoms. The molecule has 0 saturated carbocycles. The van der Waals surface area contributed by atoms with Gasteiger partial charge in [0.2, 0.25) is 5.91 Å². The lowest BCUT2D eigenvalue weighted by Gasteiger charge is -2.34. The number of benzene rings is 1. The fraction of sp³-hybridized carbons (Fsp3) is 0.294. The first-order valence-corrected chi connectivity index (χ1v) is 8.99. The lowest BCUT2D eigenvalue weighted by molar-refractivity contribution is -0.129. The molecule has 2 aromatic rings. The van der Waals surface area contributed by atoms with E-state index in [9.17, 15) is 9.59 Å². The Hall–Kier alpha value is -1.92. The van der Waals surface area contributed by atoms with Crippen LogP contribution < -0.4 is 0 Å². The SMILES string of the molecule is O=C(CSc1ccc(Cl)cc1)N1CCN(C(=O)c2ccco2)CC1. The summed E-state index contributed by atoms with van der Waals surface area (Å²) in [6.07, 6.45) is 1.49. The summed E-state index contributed by atoms with van der Waals surface area (Å²) in [4.78, 5) is 29.0. The lowest BCUT2D eigenvalue weighted by Crippen LogP contribution is -2.51. The summed E-state index contributed by atoms with van der Waals surface area (Å²) in [5.41, 5.74) is 0. The number of thioether (sulfide) groups is 1. The van der Waals surface area contributed by atoms with Crippen molar-refractivity contribution in [2.45, 2.75) is 4.90 Å². The minimum absolute atomic E-state index is 0.0834. The third kappa shape index (κ3) is 4.13. The van der Waals surface area contributed by atoms with E-state index in [2.05, 4.69) is 0 Å². The number of hydrogen-bond donors (Lipinski definition) is 0. The van der Waals surface area contributed by atoms with Gasteiger partial charge in [0.15, 0.2) is 5.76 Å². The molecule has 0 unspecified atom stereocenters. The van der Waals surface area contributed by atoms with Crippen molar-refractivity contribution in [3.05, 3.63) is 53.4 Å². The maximum absolute atomic E-state index is 12.3. The second-order valence-electron chi connectivity index (χ2n) is 5.39. The fourth-order valence-corrected chi connectivity index (χ4v) is 3.41. The predicted octanol–water partition coefficient (Wildman–Crippen LogP) is 3.01. The molecule has 126 valence electrons. The topological polar surface area (TPSA) is 53.8 Å². The fourth-order valence-electron chi connectivity index (χ4n) is 2.48. The summed E-state index contributed by atoms with van der Waals surface area (Å²) < 4.78 is 5.13. The van der Waals surface area contributed by atoms with Crippen molar-refractivity contribution in [3.8, 4) is 0 Å². The standard InChI is InChI=1S/C17H17ClN2O3S/c18-13-3-5-14(6-4-13)24-12-16(21)19-7-9-20(10-8-19)17(22)15-2-1-11-23-15/h1-6,11H,7-10,12H2. The molecule has 0 aliphatic carbocycles. The molecule has 0 atom stereocenters. The highest BCUT2D eigenvalue weighted by Crippen LogP contribution is 2.21. The third-order valence-electron chi connectivity index (χ3n) is 3.83. The van der Waals surface area contributed by atoms with Crippen LogP contribution >= 0.6 is 23.4 Å². The van der Waals surface area contributed by atoms with E-state index in [0.717, 1.165) is 4.90 Å². The molecule has 0 N–H and O–H groups in total. The molecule has 1 aliphatic rings. The van der Waals surface area contributed by atoms with Gasteiger partial charge in [-0.25, -0.2) is 0 Å². The van der Waals surface area contributed by atoms with Gasteiger partial charge in [-0.15, -0.1) is 11.8 Å². The van der Waals surface area contributed by atoms with Gasteiger partial charge in [0.25, 0.3) is 5.91 Å². The van der Waals surface area contributed by atoms with Gasteiger partial charge >= 0.3 is 0 Å². The Bertz CT molecular complexity index is 695. The van der Waals surface area contributed by atoms with Crippen molar-refractivity contribution in [2.75, 3.05) is 31.9 Å². The van der Waals surface area contributed by atoms with Crippen LogP contribution in [0.15, 0.2) is 52.0 Å². The predicted molar refractivity (Wildman–Crippen MR) is 93.4 cm³/mol. The van der Waals surface area contributed by atoms with Crippen molar-refractivity contribution < 1.29 is 14.0 Å². The Balaban J connectivity index is 1.46. The highest BCUT2D eigenvalue weighted by molar-refractivity contribution is 8.00. The molecule has 24 heavy (non-hydrogen) atoms. The number of piperazine rings is 1. The third-order valence-corrected chi connectivity index (χ3v) is 5.08. The van der Waals surface area contributed by atoms with E-state index >= 15 is 0 Å². The number of rotatable bonds is 4. The molecular formula is C17H17ClN2O3S. The van der Waals surface area contributed by atoms with Crippen molar-refractivity contribution in [3.63, 3.8) is 0 Å². The highest BCUT2D eigenvalue weighted by Gasteiger charge is 2.25. The van der Waals surface area contributed by atoms with Gasteiger partial charge in [0.05, 0.1) is 12.0 Å². The maximum Gasteiger partial charge on any atom is 0.289 e. The number of hydrogen-bond acceptors (Lipinski definition) is 4. The molecule has 2 amide bonds. The van der Waals surface area contributed by atoms with Crippen LogP contribution in [-0.2, 0) is 4.79 Å². The van der Waals surface area contributed by atoms with E-state index < -0.39 is 0 Å². The van der Waals surface area contributed by atoms with Crippen molar-refractivity contribution in [1.29, 1.82) is 0 Å². The number of nitrogens with zero attached hydrogens (tertiary/aromatic N) is 2. The summed E-state index contributed by atoms with van der Waals surface area (Å²) in [5, 5.41) is 0.683. The first kappa shape index (κ1) is 16.9. The molecule has 1 aromatic heterocycles. The Kier molecular flexibility index (Phi) is 5.48. The van der Waals surface area contributed by atoms with Crippen molar-refractivity contribution in [2.24, 2.45) is 0 Å². The summed E-state index contributed by atoms with van der Waals surface area (Å²) in [5.74, 6) is 0.684. The van der Waals surface area contributed by atoms with Crippen LogP contribution in [0.25, 0.3) is 0 Å². The van der Waals surface area contributed by atoms with Gasteiger partial charge in [0, 0.05) is 36.1 Å². The normalized spacial score (nSPS) is 14.7. The minimum atomic E-state index is -0.123. The number of amides is 2. The monoisotopic (exact) mass is 364 g/mol. The Morgan fingerprint density at radius 1 is 1.04 bits per heavy atom. The second-order valence-corrected chi connectivity index (χ2v) is 6.88. The van der Waals surface area contributed by atoms with E-state index in [1.165, 1.54) is 18.0 Å². The van der Waals surface area contributed by atoms with Crippen LogP contribution in [-0.4, -0.2) is 53.5 Å². The number of carbonyl (C=O) groups is 2. The van der Waals surface area contributed by atoms with Crippen LogP contribution in [0.2, 0.25) is 5.02 Å². The second kappa shape index (κ2) is 7.77. The van der Waals surface area contributed by atoms with E-state index in [1.54, 1.807) is 21.9 Å². The summed E-state index contributed by atoms with van der Waals surface area (Å²) >= 11 is 7.34. The summed E-state index contributed by atoms with van der Waals surface area (Å²) in [6, 6.07) is 10.8. The van der Waals surface area contributed by atoms with Gasteiger partial charge in [-0.3, -0.25) is 9.59 Å². The lowest BCUT2D eigenvalue weighted by atomic mass is 10.3. The molecule has 0 bridgehead atoms. The van der Waals surface area contributed by atoms with E-state index in [1.807, 2.05) is 24.3 Å². The number of furan rings is 1. The van der Waals surface area contributed by atoms with Crippen LogP contribution in [0.3, 0.4) is 0 Å². The molecule has 1 fully saturated rings. The first-order valence-electron chi connectivity index (χ1n) is 7.62. The van der Waals surface area contributed by atoms with Crippen molar-refractivity contribution in [1.82, 2.24) is 9.80 Å². The number of halogens is 1. The Morgan fingerprint density at radius 2 is 1.71 bits per heavy atom. The molecular weight excluding hydrogens is 348 g/mol. The van der Waals surface area contributed by atoms with Gasteiger partial charge < -0.3 is 14.2 Å². The molecule has 0 radical (unpaired) electrons. The highest BCUT2D eigenvalue weighted by atomic mass is 35.5. The Morgan fingerprint density at radius 3 is 2.33 bits per heavy atom. The van der Waals surface area contributed by atoms with Crippen LogP contribution in [0, 0.1) is 0 Å². The van der Waals surface area contributed by atoms with Crippen LogP contribution in [0.1, 0.15) is 10.6 Å². The van der Waals surface area contributed by atoms with Gasteiger partial charge in [-0.1, -0.05) is 11.6 Å². The van der Waals surface area contributed by atoms with Gasteiger partial charge in [-0.2, -0.15) is 0 Å². The van der Waals surface area contributed by atoms with Gasteiger partial charge in [0.1, 0.15) is 0 Å². The average Bonchev–Trinajstić information content (AvgIpc) is 3.15. The van der Waals surface area contributed by atoms with Crippen LogP contribution in [0.4, 0.5) is 0 Å². The van der Waals surface area contributed by atoms with E-state index in [0.29, 0.717) is 42.7 Å². The molecule has 1 saturated heterocycles. The average molecular weight is 365 g/mol. The molecule has 2 heterocycles. The number of carbonyl (C=O) groups excluding carboxylic acids is 2. The first-order chi connectivity index (χ1) is 11.6. The molecule has 7 heteroatoms. The molecule has 1 aromatic carbocycles. The van der Waals surface area contributed by atoms with E-state index in [4.69, 9.17) is 16.0 Å². The maximum atomic E-state index is 12.3. The zero-order valence-corrected chi connectivity index (χ0v) is 14.6. The zero-order valence-electron chi connectivity index (χ0n) is 13.0. The van der Waals surface area contributed by atoms with Gasteiger partial charge in [-0.05, 0) is 36.4 Å². The zero-order chi connectivity index (χ0) is 16.9. The molecule has 1 aliphatic heterocycles. The molecule has 3 rings (SSSR count). The Labute approximate surface area is 149 Å². The summed E-state index contributed by atoms with van der Waals surface area (Å²) in [7, 11) is 0. The quantitative estimate of drug-likeness (QED) is 0.782. The van der Waals surface area contributed by atoms with Crippen LogP contribution in [0.5, 0.6) is 0 Å². The minimum Gasteiger partial charge on any atom is -0.459 e. The largest absolute Gasteiger partial charge is 0.459 e. The smallest absolute Gasteiger partial charge is 0.289 e. The molecule has 5 nitrogen and oxygen atoms in total. The van der Waals surface area contributed by atoms with Crippen molar-refractivity contribution >= 4 is 35.2 Å².